The van der Waals surface area contributed by atoms with Gasteiger partial charge in [0, 0.05) is 19.0 Å². The standard InChI is InChI=1S/C14H15N3O/c18-11-6-5-10-7-17-13-4-2-1-3-12(13)15-14(17)9-16(10)8-11/h1-4,10H,5-9H2/t10-/m1/s1. The van der Waals surface area contributed by atoms with Crippen LogP contribution in [0, 0.1) is 0 Å². The monoisotopic (exact) mass is 241 g/mol. The summed E-state index contributed by atoms with van der Waals surface area (Å²) in [4.78, 5) is 18.5. The Hall–Kier alpha value is -1.68. The Bertz CT molecular complexity index is 631. The molecule has 0 spiro atoms. The zero-order valence-corrected chi connectivity index (χ0v) is 10.2. The van der Waals surface area contributed by atoms with E-state index in [1.807, 2.05) is 6.07 Å². The van der Waals surface area contributed by atoms with Crippen LogP contribution in [-0.4, -0.2) is 32.8 Å². The lowest BCUT2D eigenvalue weighted by Crippen LogP contribution is -2.48. The van der Waals surface area contributed by atoms with Gasteiger partial charge >= 0.3 is 0 Å². The van der Waals surface area contributed by atoms with Gasteiger partial charge in [0.15, 0.2) is 0 Å². The Morgan fingerprint density at radius 1 is 1.22 bits per heavy atom. The molecule has 0 saturated carbocycles. The van der Waals surface area contributed by atoms with Crippen LogP contribution in [0.2, 0.25) is 0 Å². The lowest BCUT2D eigenvalue weighted by molar-refractivity contribution is -0.124. The van der Waals surface area contributed by atoms with Crippen molar-refractivity contribution < 1.29 is 4.79 Å². The maximum absolute atomic E-state index is 11.5. The average molecular weight is 241 g/mol. The molecule has 0 unspecified atom stereocenters. The number of ketones is 1. The number of hydrogen-bond donors (Lipinski definition) is 0. The van der Waals surface area contributed by atoms with Gasteiger partial charge in [-0.1, -0.05) is 12.1 Å². The molecule has 92 valence electrons. The molecule has 2 aliphatic heterocycles. The second-order valence-electron chi connectivity index (χ2n) is 5.26. The topological polar surface area (TPSA) is 38.1 Å². The van der Waals surface area contributed by atoms with Crippen LogP contribution in [0.25, 0.3) is 11.0 Å². The summed E-state index contributed by atoms with van der Waals surface area (Å²) in [5, 5.41) is 0. The van der Waals surface area contributed by atoms with E-state index in [4.69, 9.17) is 0 Å². The first-order valence-electron chi connectivity index (χ1n) is 6.51. The minimum Gasteiger partial charge on any atom is -0.325 e. The van der Waals surface area contributed by atoms with E-state index in [0.717, 1.165) is 37.3 Å². The van der Waals surface area contributed by atoms with Gasteiger partial charge in [-0.2, -0.15) is 0 Å². The third kappa shape index (κ3) is 1.42. The van der Waals surface area contributed by atoms with Gasteiger partial charge in [-0.15, -0.1) is 0 Å². The van der Waals surface area contributed by atoms with E-state index in [9.17, 15) is 4.79 Å². The molecule has 1 aromatic carbocycles. The highest BCUT2D eigenvalue weighted by Gasteiger charge is 2.32. The Morgan fingerprint density at radius 3 is 3.06 bits per heavy atom. The van der Waals surface area contributed by atoms with Crippen LogP contribution < -0.4 is 0 Å². The van der Waals surface area contributed by atoms with Gasteiger partial charge in [0.2, 0.25) is 0 Å². The van der Waals surface area contributed by atoms with Crippen LogP contribution in [0.15, 0.2) is 24.3 Å². The number of Topliss-reactive ketones (excluding diaryl/α,β-unsaturated/α-hetero) is 1. The zero-order chi connectivity index (χ0) is 12.1. The highest BCUT2D eigenvalue weighted by atomic mass is 16.1. The van der Waals surface area contributed by atoms with Crippen molar-refractivity contribution in [1.82, 2.24) is 14.5 Å². The first-order chi connectivity index (χ1) is 8.81. The summed E-state index contributed by atoms with van der Waals surface area (Å²) in [6.07, 6.45) is 1.73. The molecule has 2 aliphatic rings. The fourth-order valence-electron chi connectivity index (χ4n) is 3.18. The van der Waals surface area contributed by atoms with Crippen LogP contribution in [-0.2, 0) is 17.9 Å². The summed E-state index contributed by atoms with van der Waals surface area (Å²) in [7, 11) is 0. The van der Waals surface area contributed by atoms with E-state index in [1.165, 1.54) is 5.52 Å². The Kier molecular flexibility index (Phi) is 2.08. The normalized spacial score (nSPS) is 24.0. The Morgan fingerprint density at radius 2 is 2.11 bits per heavy atom. The van der Waals surface area contributed by atoms with Crippen LogP contribution in [0.1, 0.15) is 18.7 Å². The third-order valence-corrected chi connectivity index (χ3v) is 4.12. The van der Waals surface area contributed by atoms with Crippen molar-refractivity contribution in [2.24, 2.45) is 0 Å². The van der Waals surface area contributed by atoms with Crippen LogP contribution in [0.5, 0.6) is 0 Å². The highest BCUT2D eigenvalue weighted by Crippen LogP contribution is 2.27. The largest absolute Gasteiger partial charge is 0.325 e. The smallest absolute Gasteiger partial charge is 0.146 e. The highest BCUT2D eigenvalue weighted by molar-refractivity contribution is 5.81. The van der Waals surface area contributed by atoms with Crippen molar-refractivity contribution in [2.75, 3.05) is 6.54 Å². The number of piperidine rings is 1. The van der Waals surface area contributed by atoms with E-state index in [1.54, 1.807) is 0 Å². The summed E-state index contributed by atoms with van der Waals surface area (Å²) in [6, 6.07) is 8.79. The van der Waals surface area contributed by atoms with Crippen LogP contribution in [0.4, 0.5) is 0 Å². The lowest BCUT2D eigenvalue weighted by Gasteiger charge is -2.38. The Labute approximate surface area is 105 Å². The van der Waals surface area contributed by atoms with Crippen molar-refractivity contribution in [2.45, 2.75) is 32.0 Å². The van der Waals surface area contributed by atoms with E-state index in [2.05, 4.69) is 32.7 Å². The number of rotatable bonds is 0. The van der Waals surface area contributed by atoms with Gasteiger partial charge in [0.25, 0.3) is 0 Å². The second kappa shape index (κ2) is 3.65. The van der Waals surface area contributed by atoms with Crippen molar-refractivity contribution in [3.63, 3.8) is 0 Å². The zero-order valence-electron chi connectivity index (χ0n) is 10.2. The molecule has 2 aromatic rings. The van der Waals surface area contributed by atoms with Gasteiger partial charge in [0.1, 0.15) is 11.6 Å². The summed E-state index contributed by atoms with van der Waals surface area (Å²) >= 11 is 0. The molecule has 1 atom stereocenters. The lowest BCUT2D eigenvalue weighted by atomic mass is 9.99. The maximum Gasteiger partial charge on any atom is 0.146 e. The summed E-state index contributed by atoms with van der Waals surface area (Å²) in [5.74, 6) is 1.47. The number of para-hydroxylation sites is 2. The maximum atomic E-state index is 11.5. The number of carbonyl (C=O) groups is 1. The molecular weight excluding hydrogens is 226 g/mol. The Balaban J connectivity index is 1.80. The fourth-order valence-corrected chi connectivity index (χ4v) is 3.18. The minimum absolute atomic E-state index is 0.371. The number of imidazole rings is 1. The van der Waals surface area contributed by atoms with E-state index >= 15 is 0 Å². The van der Waals surface area contributed by atoms with Crippen LogP contribution >= 0.6 is 0 Å². The molecule has 3 heterocycles. The molecule has 0 amide bonds. The van der Waals surface area contributed by atoms with Gasteiger partial charge in [-0.25, -0.2) is 4.98 Å². The third-order valence-electron chi connectivity index (χ3n) is 4.12. The summed E-state index contributed by atoms with van der Waals surface area (Å²) in [6.45, 7) is 2.39. The van der Waals surface area contributed by atoms with Gasteiger partial charge in [-0.3, -0.25) is 9.69 Å². The molecule has 0 aliphatic carbocycles. The molecule has 0 bridgehead atoms. The minimum atomic E-state index is 0.371. The molecule has 1 aromatic heterocycles. The van der Waals surface area contributed by atoms with Crippen molar-refractivity contribution in [1.29, 1.82) is 0 Å². The van der Waals surface area contributed by atoms with Crippen molar-refractivity contribution in [3.8, 4) is 0 Å². The summed E-state index contributed by atoms with van der Waals surface area (Å²) in [5.41, 5.74) is 2.29. The summed E-state index contributed by atoms with van der Waals surface area (Å²) < 4.78 is 2.33. The van der Waals surface area contributed by atoms with Gasteiger partial charge in [0.05, 0.1) is 24.1 Å². The molecule has 1 fully saturated rings. The first-order valence-corrected chi connectivity index (χ1v) is 6.51. The van der Waals surface area contributed by atoms with Crippen molar-refractivity contribution >= 4 is 16.8 Å². The number of nitrogens with zero attached hydrogens (tertiary/aromatic N) is 3. The molecule has 0 radical (unpaired) electrons. The molecule has 0 N–H and O–H groups in total. The molecular formula is C14H15N3O. The molecule has 18 heavy (non-hydrogen) atoms. The quantitative estimate of drug-likeness (QED) is 0.703. The number of benzene rings is 1. The molecule has 4 nitrogen and oxygen atoms in total. The number of fused-ring (bicyclic) bond motifs is 4. The predicted molar refractivity (Wildman–Crippen MR) is 68.2 cm³/mol. The molecule has 4 heteroatoms. The first kappa shape index (κ1) is 10.3. The van der Waals surface area contributed by atoms with E-state index < -0.39 is 0 Å². The SMILES string of the molecule is O=C1CC[C@@H]2Cn3c(nc4ccccc43)CN2C1. The second-order valence-corrected chi connectivity index (χ2v) is 5.26. The fraction of sp³-hybridized carbons (Fsp3) is 0.429. The molecule has 4 rings (SSSR count). The molecule has 1 saturated heterocycles. The number of carbonyl (C=O) groups excluding carboxylic acids is 1. The van der Waals surface area contributed by atoms with Crippen LogP contribution in [0.3, 0.4) is 0 Å². The van der Waals surface area contributed by atoms with E-state index in [0.29, 0.717) is 18.4 Å². The van der Waals surface area contributed by atoms with E-state index in [-0.39, 0.29) is 0 Å². The predicted octanol–water partition coefficient (Wildman–Crippen LogP) is 1.58. The van der Waals surface area contributed by atoms with Gasteiger partial charge in [-0.05, 0) is 18.6 Å². The average Bonchev–Trinajstić information content (AvgIpc) is 2.73. The van der Waals surface area contributed by atoms with Gasteiger partial charge < -0.3 is 4.57 Å². The number of hydrogen-bond acceptors (Lipinski definition) is 3. The van der Waals surface area contributed by atoms with Crippen molar-refractivity contribution in [3.05, 3.63) is 30.1 Å². The number of aromatic nitrogens is 2.